The van der Waals surface area contributed by atoms with Gasteiger partial charge in [0.15, 0.2) is 11.1 Å². The molecule has 1 saturated heterocycles. The van der Waals surface area contributed by atoms with E-state index in [1.54, 1.807) is 0 Å². The molecule has 0 N–H and O–H groups in total. The average molecular weight is 294 g/mol. The molecule has 1 rings (SSSR count). The minimum absolute atomic E-state index is 0.186. The molecule has 1 aliphatic heterocycles. The molecular formula is C11H20BrNO3. The Labute approximate surface area is 105 Å². The number of hydrogen-bond donors (Lipinski definition) is 0. The fourth-order valence-electron chi connectivity index (χ4n) is 1.97. The van der Waals surface area contributed by atoms with Crippen molar-refractivity contribution in [1.82, 2.24) is 4.90 Å². The third kappa shape index (κ3) is 3.71. The van der Waals surface area contributed by atoms with Crippen LogP contribution in [0.3, 0.4) is 0 Å². The molecule has 0 radical (unpaired) electrons. The number of nitrogens with zero attached hydrogens (tertiary/aromatic N) is 1. The molecule has 0 bridgehead atoms. The number of ether oxygens (including phenoxy) is 2. The largest absolute Gasteiger partial charge is 0.457 e. The standard InChI is InChI=1S/C11H20BrNO3/c1-7-5-9(13(3)4)10(16-8(2)14)11(12)15-6-7/h7,9-11H,5-6H2,1-4H3/t7-,9+,10-,11-/m1/s1. The quantitative estimate of drug-likeness (QED) is 0.573. The lowest BCUT2D eigenvalue weighted by atomic mass is 9.99. The van der Waals surface area contributed by atoms with Crippen LogP contribution >= 0.6 is 15.9 Å². The minimum Gasteiger partial charge on any atom is -0.457 e. The van der Waals surface area contributed by atoms with E-state index in [0.29, 0.717) is 12.5 Å². The summed E-state index contributed by atoms with van der Waals surface area (Å²) in [7, 11) is 4.00. The minimum atomic E-state index is -0.264. The molecule has 0 aromatic heterocycles. The lowest BCUT2D eigenvalue weighted by molar-refractivity contribution is -0.153. The van der Waals surface area contributed by atoms with Crippen LogP contribution in [0.25, 0.3) is 0 Å². The Morgan fingerprint density at radius 3 is 2.62 bits per heavy atom. The smallest absolute Gasteiger partial charge is 0.303 e. The number of alkyl halides is 1. The van der Waals surface area contributed by atoms with Gasteiger partial charge in [-0.1, -0.05) is 22.9 Å². The second-order valence-electron chi connectivity index (χ2n) is 4.63. The Balaban J connectivity index is 2.81. The molecule has 1 fully saturated rings. The summed E-state index contributed by atoms with van der Waals surface area (Å²) in [6, 6.07) is 0.186. The van der Waals surface area contributed by atoms with Gasteiger partial charge in [0.1, 0.15) is 0 Å². The van der Waals surface area contributed by atoms with Crippen LogP contribution in [0, 0.1) is 5.92 Å². The molecule has 0 aromatic rings. The number of rotatable bonds is 2. The maximum absolute atomic E-state index is 11.1. The summed E-state index contributed by atoms with van der Waals surface area (Å²) in [4.78, 5) is 13.2. The third-order valence-electron chi connectivity index (χ3n) is 2.79. The predicted octanol–water partition coefficient (Wildman–Crippen LogP) is 1.63. The van der Waals surface area contributed by atoms with Gasteiger partial charge in [0, 0.05) is 13.0 Å². The van der Waals surface area contributed by atoms with Crippen molar-refractivity contribution in [2.75, 3.05) is 20.7 Å². The Hall–Kier alpha value is -0.130. The maximum atomic E-state index is 11.1. The zero-order valence-electron chi connectivity index (χ0n) is 10.3. The summed E-state index contributed by atoms with van der Waals surface area (Å²) in [5, 5.41) is -0.228. The number of esters is 1. The normalized spacial score (nSPS) is 35.9. The monoisotopic (exact) mass is 293 g/mol. The van der Waals surface area contributed by atoms with Crippen molar-refractivity contribution in [3.05, 3.63) is 0 Å². The Kier molecular flexibility index (Phi) is 5.21. The van der Waals surface area contributed by atoms with Gasteiger partial charge in [-0.05, 0) is 26.4 Å². The molecule has 0 aliphatic carbocycles. The van der Waals surface area contributed by atoms with Gasteiger partial charge in [-0.2, -0.15) is 0 Å². The van der Waals surface area contributed by atoms with E-state index in [4.69, 9.17) is 9.47 Å². The van der Waals surface area contributed by atoms with Crippen LogP contribution in [-0.2, 0) is 14.3 Å². The van der Waals surface area contributed by atoms with Crippen molar-refractivity contribution >= 4 is 21.9 Å². The SMILES string of the molecule is CC(=O)O[C@H]1[C@H](Br)OC[C@H](C)C[C@@H]1N(C)C. The summed E-state index contributed by atoms with van der Waals surface area (Å²) < 4.78 is 11.0. The highest BCUT2D eigenvalue weighted by molar-refractivity contribution is 9.09. The van der Waals surface area contributed by atoms with Gasteiger partial charge in [-0.15, -0.1) is 0 Å². The third-order valence-corrected chi connectivity index (χ3v) is 3.57. The molecule has 16 heavy (non-hydrogen) atoms. The van der Waals surface area contributed by atoms with Crippen molar-refractivity contribution in [3.8, 4) is 0 Å². The summed E-state index contributed by atoms with van der Waals surface area (Å²) in [5.74, 6) is 0.201. The number of carbonyl (C=O) groups is 1. The van der Waals surface area contributed by atoms with Crippen LogP contribution in [0.5, 0.6) is 0 Å². The first-order chi connectivity index (χ1) is 7.41. The van der Waals surface area contributed by atoms with E-state index < -0.39 is 0 Å². The van der Waals surface area contributed by atoms with Gasteiger partial charge < -0.3 is 14.4 Å². The lowest BCUT2D eigenvalue weighted by Gasteiger charge is -2.32. The number of hydrogen-bond acceptors (Lipinski definition) is 4. The summed E-state index contributed by atoms with van der Waals surface area (Å²) in [6.07, 6.45) is 0.713. The zero-order chi connectivity index (χ0) is 12.3. The molecule has 1 aliphatic rings. The maximum Gasteiger partial charge on any atom is 0.303 e. The number of likely N-dealkylation sites (N-methyl/N-ethyl adjacent to an activating group) is 1. The Morgan fingerprint density at radius 1 is 1.50 bits per heavy atom. The summed E-state index contributed by atoms with van der Waals surface area (Å²) in [6.45, 7) is 4.27. The average Bonchev–Trinajstić information content (AvgIpc) is 2.30. The van der Waals surface area contributed by atoms with Gasteiger partial charge in [0.05, 0.1) is 6.61 Å². The lowest BCUT2D eigenvalue weighted by Crippen LogP contribution is -2.45. The first kappa shape index (κ1) is 13.9. The Morgan fingerprint density at radius 2 is 2.12 bits per heavy atom. The second kappa shape index (κ2) is 5.98. The van der Waals surface area contributed by atoms with Crippen LogP contribution in [0.15, 0.2) is 0 Å². The summed E-state index contributed by atoms with van der Waals surface area (Å²) >= 11 is 3.44. The van der Waals surface area contributed by atoms with Gasteiger partial charge in [-0.25, -0.2) is 0 Å². The molecule has 4 atom stereocenters. The van der Waals surface area contributed by atoms with Crippen LogP contribution in [0.1, 0.15) is 20.3 Å². The van der Waals surface area contributed by atoms with Crippen molar-refractivity contribution in [3.63, 3.8) is 0 Å². The second-order valence-corrected chi connectivity index (χ2v) is 5.53. The Bertz CT molecular complexity index is 247. The topological polar surface area (TPSA) is 38.8 Å². The fourth-order valence-corrected chi connectivity index (χ4v) is 2.58. The van der Waals surface area contributed by atoms with Crippen LogP contribution in [-0.4, -0.2) is 48.7 Å². The van der Waals surface area contributed by atoms with E-state index in [-0.39, 0.29) is 23.1 Å². The molecule has 94 valence electrons. The molecule has 1 heterocycles. The highest BCUT2D eigenvalue weighted by atomic mass is 79.9. The first-order valence-electron chi connectivity index (χ1n) is 5.51. The molecule has 0 unspecified atom stereocenters. The van der Waals surface area contributed by atoms with Crippen molar-refractivity contribution in [1.29, 1.82) is 0 Å². The van der Waals surface area contributed by atoms with E-state index in [1.807, 2.05) is 14.1 Å². The highest BCUT2D eigenvalue weighted by Gasteiger charge is 2.36. The first-order valence-corrected chi connectivity index (χ1v) is 6.42. The fraction of sp³-hybridized carbons (Fsp3) is 0.909. The zero-order valence-corrected chi connectivity index (χ0v) is 11.9. The molecule has 0 aromatic carbocycles. The van der Waals surface area contributed by atoms with E-state index in [1.165, 1.54) is 6.92 Å². The molecule has 0 saturated carbocycles. The van der Waals surface area contributed by atoms with E-state index in [2.05, 4.69) is 27.8 Å². The van der Waals surface area contributed by atoms with E-state index >= 15 is 0 Å². The molecule has 0 spiro atoms. The molecular weight excluding hydrogens is 274 g/mol. The predicted molar refractivity (Wildman–Crippen MR) is 65.5 cm³/mol. The van der Waals surface area contributed by atoms with Gasteiger partial charge in [0.2, 0.25) is 0 Å². The number of carbonyl (C=O) groups excluding carboxylic acids is 1. The van der Waals surface area contributed by atoms with Gasteiger partial charge in [0.25, 0.3) is 0 Å². The van der Waals surface area contributed by atoms with E-state index in [0.717, 1.165) is 6.42 Å². The van der Waals surface area contributed by atoms with Crippen molar-refractivity contribution < 1.29 is 14.3 Å². The summed E-state index contributed by atoms with van der Waals surface area (Å²) in [5.41, 5.74) is 0. The van der Waals surface area contributed by atoms with Crippen LogP contribution in [0.2, 0.25) is 0 Å². The van der Waals surface area contributed by atoms with Crippen molar-refractivity contribution in [2.24, 2.45) is 5.92 Å². The van der Waals surface area contributed by atoms with Gasteiger partial charge in [-0.3, -0.25) is 4.79 Å². The molecule has 0 amide bonds. The van der Waals surface area contributed by atoms with Crippen LogP contribution < -0.4 is 0 Å². The number of halogens is 1. The van der Waals surface area contributed by atoms with Crippen LogP contribution in [0.4, 0.5) is 0 Å². The van der Waals surface area contributed by atoms with Gasteiger partial charge >= 0.3 is 5.97 Å². The highest BCUT2D eigenvalue weighted by Crippen LogP contribution is 2.27. The van der Waals surface area contributed by atoms with E-state index in [9.17, 15) is 4.79 Å². The molecule has 5 heteroatoms. The molecule has 4 nitrogen and oxygen atoms in total. The van der Waals surface area contributed by atoms with Crippen molar-refractivity contribution in [2.45, 2.75) is 37.4 Å².